The van der Waals surface area contributed by atoms with Gasteiger partial charge in [-0.05, 0) is 45.4 Å². The van der Waals surface area contributed by atoms with Gasteiger partial charge in [-0.2, -0.15) is 5.10 Å². The van der Waals surface area contributed by atoms with Crippen LogP contribution in [0, 0.1) is 6.92 Å². The quantitative estimate of drug-likeness (QED) is 0.728. The van der Waals surface area contributed by atoms with E-state index in [2.05, 4.69) is 17.0 Å². The number of halogens is 1. The summed E-state index contributed by atoms with van der Waals surface area (Å²) in [5, 5.41) is 5.02. The molecule has 0 aliphatic carbocycles. The van der Waals surface area contributed by atoms with Gasteiger partial charge in [0, 0.05) is 30.4 Å². The molecule has 0 bridgehead atoms. The molecule has 0 radical (unpaired) electrons. The Balaban J connectivity index is 2.29. The molecule has 0 aliphatic rings. The number of pyridine rings is 1. The molecule has 0 saturated heterocycles. The van der Waals surface area contributed by atoms with Crippen LogP contribution in [0.4, 0.5) is 0 Å². The molecule has 0 atom stereocenters. The van der Waals surface area contributed by atoms with E-state index >= 15 is 0 Å². The Bertz CT molecular complexity index is 830. The second kappa shape index (κ2) is 8.81. The third-order valence-corrected chi connectivity index (χ3v) is 4.09. The maximum atomic E-state index is 12.6. The van der Waals surface area contributed by atoms with Gasteiger partial charge in [0.1, 0.15) is 10.6 Å². The molecule has 0 unspecified atom stereocenters. The maximum absolute atomic E-state index is 12.6. The number of carbonyl (C=O) groups is 1. The molecule has 25 heavy (non-hydrogen) atoms. The second-order valence-corrected chi connectivity index (χ2v) is 6.55. The number of aryl methyl sites for hydroxylation is 2. The van der Waals surface area contributed by atoms with Gasteiger partial charge in [-0.1, -0.05) is 31.0 Å². The van der Waals surface area contributed by atoms with Gasteiger partial charge in [-0.25, -0.2) is 0 Å². The zero-order chi connectivity index (χ0) is 18.4. The number of rotatable bonds is 6. The van der Waals surface area contributed by atoms with Crippen LogP contribution in [-0.4, -0.2) is 26.3 Å². The van der Waals surface area contributed by atoms with Crippen LogP contribution in [0.15, 0.2) is 35.5 Å². The minimum absolute atomic E-state index is 0.110. The fraction of sp³-hybridized carbons (Fsp3) is 0.421. The molecule has 2 rings (SSSR count). The predicted molar refractivity (Wildman–Crippen MR) is 102 cm³/mol. The van der Waals surface area contributed by atoms with Crippen molar-refractivity contribution >= 4 is 23.6 Å². The van der Waals surface area contributed by atoms with Crippen molar-refractivity contribution in [2.24, 2.45) is 4.99 Å². The van der Waals surface area contributed by atoms with Crippen molar-refractivity contribution in [3.63, 3.8) is 0 Å². The van der Waals surface area contributed by atoms with E-state index in [1.807, 2.05) is 39.0 Å². The van der Waals surface area contributed by atoms with Crippen LogP contribution in [0.3, 0.4) is 0 Å². The molecule has 134 valence electrons. The highest BCUT2D eigenvalue weighted by molar-refractivity contribution is 6.31. The molecule has 5 nitrogen and oxygen atoms in total. The van der Waals surface area contributed by atoms with Gasteiger partial charge in [0.05, 0.1) is 5.69 Å². The van der Waals surface area contributed by atoms with Gasteiger partial charge in [-0.3, -0.25) is 19.0 Å². The first-order chi connectivity index (χ1) is 11.9. The number of nitrogens with zero attached hydrogens (tertiary/aromatic N) is 4. The van der Waals surface area contributed by atoms with E-state index in [0.29, 0.717) is 10.6 Å². The molecule has 0 saturated carbocycles. The van der Waals surface area contributed by atoms with Crippen LogP contribution in [0.25, 0.3) is 6.08 Å². The van der Waals surface area contributed by atoms with E-state index in [1.165, 1.54) is 10.6 Å². The topological polar surface area (TPSA) is 52.2 Å². The van der Waals surface area contributed by atoms with Crippen molar-refractivity contribution < 1.29 is 4.79 Å². The Morgan fingerprint density at radius 1 is 1.40 bits per heavy atom. The molecule has 6 heteroatoms. The summed E-state index contributed by atoms with van der Waals surface area (Å²) in [6.07, 6.45) is 7.05. The van der Waals surface area contributed by atoms with Crippen molar-refractivity contribution in [2.75, 3.05) is 0 Å². The lowest BCUT2D eigenvalue weighted by Crippen LogP contribution is -2.26. The highest BCUT2D eigenvalue weighted by atomic mass is 35.5. The molecule has 0 aliphatic heterocycles. The average molecular weight is 361 g/mol. The Morgan fingerprint density at radius 2 is 2.16 bits per heavy atom. The molecule has 0 amide bonds. The van der Waals surface area contributed by atoms with Crippen LogP contribution in [-0.2, 0) is 6.54 Å². The molecule has 0 aromatic carbocycles. The number of hydrogen-bond donors (Lipinski definition) is 0. The number of hydrogen-bond acceptors (Lipinski definition) is 3. The summed E-state index contributed by atoms with van der Waals surface area (Å²) >= 11 is 6.41. The third kappa shape index (κ3) is 4.92. The summed E-state index contributed by atoms with van der Waals surface area (Å²) in [7, 11) is 0. The van der Waals surface area contributed by atoms with Crippen LogP contribution in [0.1, 0.15) is 49.7 Å². The summed E-state index contributed by atoms with van der Waals surface area (Å²) in [6, 6.07) is 5.62. The van der Waals surface area contributed by atoms with Crippen LogP contribution < -0.4 is 5.49 Å². The van der Waals surface area contributed by atoms with Crippen LogP contribution in [0.2, 0.25) is 5.15 Å². The lowest BCUT2D eigenvalue weighted by atomic mass is 10.2. The Labute approximate surface area is 153 Å². The van der Waals surface area contributed by atoms with Gasteiger partial charge in [0.15, 0.2) is 0 Å². The minimum atomic E-state index is -0.170. The first-order valence-electron chi connectivity index (χ1n) is 8.60. The highest BCUT2D eigenvalue weighted by Crippen LogP contribution is 2.21. The van der Waals surface area contributed by atoms with Crippen molar-refractivity contribution in [1.29, 1.82) is 0 Å². The first-order valence-corrected chi connectivity index (χ1v) is 8.98. The third-order valence-electron chi connectivity index (χ3n) is 3.69. The fourth-order valence-electron chi connectivity index (χ4n) is 2.44. The minimum Gasteiger partial charge on any atom is -0.269 e. The van der Waals surface area contributed by atoms with Crippen molar-refractivity contribution in [3.8, 4) is 0 Å². The number of carbonyl (C=O) groups excluding carboxylic acids is 1. The van der Waals surface area contributed by atoms with Crippen LogP contribution >= 0.6 is 11.6 Å². The van der Waals surface area contributed by atoms with Crippen LogP contribution in [0.5, 0.6) is 0 Å². The fourth-order valence-corrected chi connectivity index (χ4v) is 2.76. The summed E-state index contributed by atoms with van der Waals surface area (Å²) in [5.41, 5.74) is 2.23. The van der Waals surface area contributed by atoms with Crippen molar-refractivity contribution in [2.45, 2.75) is 53.1 Å². The molecule has 2 aromatic heterocycles. The number of aromatic nitrogens is 3. The van der Waals surface area contributed by atoms with Gasteiger partial charge < -0.3 is 0 Å². The monoisotopic (exact) mass is 360 g/mol. The van der Waals surface area contributed by atoms with E-state index in [0.717, 1.165) is 30.6 Å². The highest BCUT2D eigenvalue weighted by Gasteiger charge is 2.11. The standard InChI is InChI=1S/C19H25ClN4O/c1-5-6-13-24-19(20)16(15(4)22-24)10-11-18(25)23-12-8-7-9-17(23)21-14(2)3/h7-12,14H,5-6,13H2,1-4H3/b11-10+,21-17?. The van der Waals surface area contributed by atoms with Crippen molar-refractivity contribution in [3.05, 3.63) is 52.4 Å². The lowest BCUT2D eigenvalue weighted by molar-refractivity contribution is 0.0964. The number of allylic oxidation sites excluding steroid dienone is 1. The van der Waals surface area contributed by atoms with E-state index in [-0.39, 0.29) is 11.9 Å². The summed E-state index contributed by atoms with van der Waals surface area (Å²) < 4.78 is 3.32. The first kappa shape index (κ1) is 19.2. The maximum Gasteiger partial charge on any atom is 0.256 e. The van der Waals surface area contributed by atoms with Gasteiger partial charge in [-0.15, -0.1) is 0 Å². The summed E-state index contributed by atoms with van der Waals surface area (Å²) in [6.45, 7) is 8.76. The Morgan fingerprint density at radius 3 is 2.84 bits per heavy atom. The van der Waals surface area contributed by atoms with Gasteiger partial charge in [0.25, 0.3) is 5.91 Å². The molecular weight excluding hydrogens is 336 g/mol. The molecular formula is C19H25ClN4O. The Hall–Kier alpha value is -2.14. The normalized spacial score (nSPS) is 12.5. The molecule has 0 fully saturated rings. The van der Waals surface area contributed by atoms with Gasteiger partial charge >= 0.3 is 0 Å². The predicted octanol–water partition coefficient (Wildman–Crippen LogP) is 4.11. The average Bonchev–Trinajstić information content (AvgIpc) is 2.84. The Kier molecular flexibility index (Phi) is 6.76. The largest absolute Gasteiger partial charge is 0.269 e. The van der Waals surface area contributed by atoms with E-state index < -0.39 is 0 Å². The molecule has 0 N–H and O–H groups in total. The SMILES string of the molecule is CCCCn1nc(C)c(/C=C/C(=O)n2ccccc2=NC(C)C)c1Cl. The molecule has 2 heterocycles. The smallest absolute Gasteiger partial charge is 0.256 e. The van der Waals surface area contributed by atoms with Gasteiger partial charge in [0.2, 0.25) is 0 Å². The molecule has 2 aromatic rings. The van der Waals surface area contributed by atoms with E-state index in [4.69, 9.17) is 11.6 Å². The lowest BCUT2D eigenvalue weighted by Gasteiger charge is -2.04. The summed E-state index contributed by atoms with van der Waals surface area (Å²) in [5.74, 6) is -0.170. The number of unbranched alkanes of at least 4 members (excludes halogenated alkanes) is 1. The summed E-state index contributed by atoms with van der Waals surface area (Å²) in [4.78, 5) is 17.0. The van der Waals surface area contributed by atoms with E-state index in [1.54, 1.807) is 17.0 Å². The molecule has 0 spiro atoms. The van der Waals surface area contributed by atoms with E-state index in [9.17, 15) is 4.79 Å². The zero-order valence-corrected chi connectivity index (χ0v) is 16.0. The van der Waals surface area contributed by atoms with Crippen molar-refractivity contribution in [1.82, 2.24) is 14.3 Å². The second-order valence-electron chi connectivity index (χ2n) is 6.19. The zero-order valence-electron chi connectivity index (χ0n) is 15.2.